The van der Waals surface area contributed by atoms with Gasteiger partial charge >= 0.3 is 5.97 Å². The van der Waals surface area contributed by atoms with E-state index in [0.717, 1.165) is 33.9 Å². The number of nitrogens with zero attached hydrogens (tertiary/aromatic N) is 4. The number of hydrogen-bond acceptors (Lipinski definition) is 8. The van der Waals surface area contributed by atoms with E-state index in [2.05, 4.69) is 53.6 Å². The molecule has 47 heavy (non-hydrogen) atoms. The molecule has 7 rings (SSSR count). The Morgan fingerprint density at radius 1 is 1.02 bits per heavy atom. The van der Waals surface area contributed by atoms with Crippen molar-refractivity contribution in [1.29, 1.82) is 0 Å². The zero-order valence-electron chi connectivity index (χ0n) is 26.8. The van der Waals surface area contributed by atoms with Crippen molar-refractivity contribution in [1.82, 2.24) is 9.13 Å². The van der Waals surface area contributed by atoms with Crippen molar-refractivity contribution in [2.75, 3.05) is 32.4 Å². The summed E-state index contributed by atoms with van der Waals surface area (Å²) in [5, 5.41) is 0. The van der Waals surface area contributed by atoms with Crippen molar-refractivity contribution in [2.45, 2.75) is 26.8 Å². The molecule has 2 aromatic heterocycles. The molecule has 0 amide bonds. The van der Waals surface area contributed by atoms with Crippen LogP contribution in [0.1, 0.15) is 41.0 Å². The molecular weight excluding hydrogens is 612 g/mol. The van der Waals surface area contributed by atoms with Crippen LogP contribution in [0.2, 0.25) is 0 Å². The van der Waals surface area contributed by atoms with Crippen LogP contribution in [0.25, 0.3) is 17.5 Å². The van der Waals surface area contributed by atoms with Crippen LogP contribution in [-0.4, -0.2) is 42.6 Å². The molecule has 0 N–H and O–H groups in total. The highest BCUT2D eigenvalue weighted by atomic mass is 32.1. The SMILES string of the molecule is CCOC(=O)C1=C(c2ccccc2)N=c2s/c(=C/c3cc(C)n(-c4ccc(N(C)C)cc4)c3C)c(=O)n2[C@H]1c1ccc2c(c1)OCO2. The Morgan fingerprint density at radius 3 is 2.49 bits per heavy atom. The number of hydrogen-bond donors (Lipinski definition) is 0. The molecule has 0 saturated carbocycles. The first-order valence-corrected chi connectivity index (χ1v) is 16.2. The van der Waals surface area contributed by atoms with E-state index in [1.165, 1.54) is 11.3 Å². The maximum absolute atomic E-state index is 14.4. The molecule has 10 heteroatoms. The lowest BCUT2D eigenvalue weighted by molar-refractivity contribution is -0.138. The molecule has 0 aliphatic carbocycles. The average Bonchev–Trinajstić information content (AvgIpc) is 3.75. The molecule has 0 spiro atoms. The highest BCUT2D eigenvalue weighted by Crippen LogP contribution is 2.40. The van der Waals surface area contributed by atoms with E-state index >= 15 is 0 Å². The van der Waals surface area contributed by atoms with Crippen LogP contribution >= 0.6 is 11.3 Å². The number of esters is 1. The number of thiazole rings is 1. The molecule has 0 bridgehead atoms. The Balaban J connectivity index is 1.43. The summed E-state index contributed by atoms with van der Waals surface area (Å²) in [5.41, 5.74) is 7.10. The summed E-state index contributed by atoms with van der Waals surface area (Å²) in [6, 6.07) is 24.7. The summed E-state index contributed by atoms with van der Waals surface area (Å²) < 4.78 is 21.1. The molecule has 238 valence electrons. The minimum Gasteiger partial charge on any atom is -0.463 e. The van der Waals surface area contributed by atoms with Crippen LogP contribution in [0.4, 0.5) is 5.69 Å². The van der Waals surface area contributed by atoms with E-state index in [1.54, 1.807) is 17.6 Å². The fourth-order valence-corrected chi connectivity index (χ4v) is 7.20. The third kappa shape index (κ3) is 5.34. The minimum atomic E-state index is -0.806. The molecule has 0 fully saturated rings. The van der Waals surface area contributed by atoms with Gasteiger partial charge in [0.15, 0.2) is 16.3 Å². The zero-order valence-corrected chi connectivity index (χ0v) is 27.6. The van der Waals surface area contributed by atoms with Gasteiger partial charge in [0.05, 0.1) is 28.5 Å². The molecule has 3 aromatic carbocycles. The lowest BCUT2D eigenvalue weighted by Crippen LogP contribution is -2.40. The van der Waals surface area contributed by atoms with Gasteiger partial charge in [0.25, 0.3) is 5.56 Å². The van der Waals surface area contributed by atoms with Crippen LogP contribution in [0, 0.1) is 13.8 Å². The minimum absolute atomic E-state index is 0.107. The van der Waals surface area contributed by atoms with Crippen molar-refractivity contribution < 1.29 is 19.0 Å². The van der Waals surface area contributed by atoms with Crippen LogP contribution in [0.15, 0.2) is 94.2 Å². The standard InChI is InChI=1S/C37H34N4O5S/c1-6-44-36(43)32-33(24-10-8-7-9-11-24)38-37-41(34(32)25-12-17-29-30(19-25)46-21-45-29)35(42)31(47-37)20-26-18-22(2)40(23(26)3)28-15-13-27(14-16-28)39(4)5/h7-20,34H,6,21H2,1-5H3/b31-20+/t34-/m0/s1. The predicted molar refractivity (Wildman–Crippen MR) is 183 cm³/mol. The van der Waals surface area contributed by atoms with Crippen LogP contribution in [0.5, 0.6) is 11.5 Å². The predicted octanol–water partition coefficient (Wildman–Crippen LogP) is 5.14. The number of benzene rings is 3. The second-order valence-electron chi connectivity index (χ2n) is 11.6. The van der Waals surface area contributed by atoms with E-state index in [1.807, 2.05) is 62.6 Å². The van der Waals surface area contributed by atoms with Crippen molar-refractivity contribution in [2.24, 2.45) is 4.99 Å². The third-order valence-corrected chi connectivity index (χ3v) is 9.45. The molecule has 0 unspecified atom stereocenters. The largest absolute Gasteiger partial charge is 0.463 e. The maximum Gasteiger partial charge on any atom is 0.338 e. The number of rotatable bonds is 7. The number of aromatic nitrogens is 2. The molecule has 5 aromatic rings. The molecule has 9 nitrogen and oxygen atoms in total. The number of ether oxygens (including phenoxy) is 3. The zero-order chi connectivity index (χ0) is 32.8. The lowest BCUT2D eigenvalue weighted by Gasteiger charge is -2.26. The topological polar surface area (TPSA) is 87.3 Å². The van der Waals surface area contributed by atoms with Crippen LogP contribution in [0.3, 0.4) is 0 Å². The Labute approximate surface area is 275 Å². The van der Waals surface area contributed by atoms with Crippen molar-refractivity contribution in [3.63, 3.8) is 0 Å². The first kappa shape index (κ1) is 30.3. The van der Waals surface area contributed by atoms with Gasteiger partial charge in [-0.1, -0.05) is 47.7 Å². The van der Waals surface area contributed by atoms with Crippen molar-refractivity contribution in [3.05, 3.63) is 132 Å². The molecule has 1 atom stereocenters. The molecule has 0 saturated heterocycles. The first-order valence-electron chi connectivity index (χ1n) is 15.4. The molecule has 4 heterocycles. The summed E-state index contributed by atoms with van der Waals surface area (Å²) in [6.45, 7) is 6.16. The highest BCUT2D eigenvalue weighted by molar-refractivity contribution is 7.07. The van der Waals surface area contributed by atoms with Gasteiger partial charge in [0.2, 0.25) is 6.79 Å². The van der Waals surface area contributed by atoms with Gasteiger partial charge in [-0.2, -0.15) is 0 Å². The quantitative estimate of drug-likeness (QED) is 0.228. The molecule has 2 aliphatic heterocycles. The van der Waals surface area contributed by atoms with Gasteiger partial charge in [-0.3, -0.25) is 9.36 Å². The number of carbonyl (C=O) groups excluding carboxylic acids is 1. The lowest BCUT2D eigenvalue weighted by atomic mass is 9.93. The van der Waals surface area contributed by atoms with Gasteiger partial charge in [0, 0.05) is 42.4 Å². The smallest absolute Gasteiger partial charge is 0.338 e. The number of fused-ring (bicyclic) bond motifs is 2. The van der Waals surface area contributed by atoms with Crippen molar-refractivity contribution in [3.8, 4) is 17.2 Å². The summed E-state index contributed by atoms with van der Waals surface area (Å²) in [7, 11) is 4.04. The Hall–Kier alpha value is -5.35. The summed E-state index contributed by atoms with van der Waals surface area (Å²) in [4.78, 5) is 35.7. The van der Waals surface area contributed by atoms with Crippen LogP contribution < -0.4 is 29.3 Å². The van der Waals surface area contributed by atoms with E-state index in [9.17, 15) is 9.59 Å². The Kier molecular flexibility index (Phi) is 7.81. The normalized spacial score (nSPS) is 15.4. The second kappa shape index (κ2) is 12.1. The van der Waals surface area contributed by atoms with Gasteiger partial charge in [-0.15, -0.1) is 0 Å². The Bertz CT molecular complexity index is 2230. The summed E-state index contributed by atoms with van der Waals surface area (Å²) >= 11 is 1.30. The number of anilines is 1. The monoisotopic (exact) mass is 646 g/mol. The highest BCUT2D eigenvalue weighted by Gasteiger charge is 2.36. The van der Waals surface area contributed by atoms with Crippen molar-refractivity contribution >= 4 is 34.8 Å². The van der Waals surface area contributed by atoms with Crippen LogP contribution in [-0.2, 0) is 9.53 Å². The van der Waals surface area contributed by atoms with E-state index < -0.39 is 12.0 Å². The maximum atomic E-state index is 14.4. The number of carbonyl (C=O) groups is 1. The Morgan fingerprint density at radius 2 is 1.77 bits per heavy atom. The third-order valence-electron chi connectivity index (χ3n) is 8.47. The van der Waals surface area contributed by atoms with Gasteiger partial charge < -0.3 is 23.7 Å². The second-order valence-corrected chi connectivity index (χ2v) is 12.6. The molecule has 2 aliphatic rings. The van der Waals surface area contributed by atoms with Gasteiger partial charge in [-0.05, 0) is 80.4 Å². The van der Waals surface area contributed by atoms with E-state index in [0.29, 0.717) is 32.1 Å². The molecule has 0 radical (unpaired) electrons. The summed E-state index contributed by atoms with van der Waals surface area (Å²) in [6.07, 6.45) is 1.92. The number of aryl methyl sites for hydroxylation is 1. The fraction of sp³-hybridized carbons (Fsp3) is 0.216. The van der Waals surface area contributed by atoms with Gasteiger partial charge in [0.1, 0.15) is 0 Å². The van der Waals surface area contributed by atoms with E-state index in [-0.39, 0.29) is 24.5 Å². The van der Waals surface area contributed by atoms with Gasteiger partial charge in [-0.25, -0.2) is 9.79 Å². The molecular formula is C37H34N4O5S. The van der Waals surface area contributed by atoms with E-state index in [4.69, 9.17) is 19.2 Å². The fourth-order valence-electron chi connectivity index (χ4n) is 6.21. The average molecular weight is 647 g/mol. The summed E-state index contributed by atoms with van der Waals surface area (Å²) in [5.74, 6) is 0.630. The first-order chi connectivity index (χ1) is 22.7.